The fraction of sp³-hybridized carbons (Fsp3) is 0.200. The summed E-state index contributed by atoms with van der Waals surface area (Å²) in [4.78, 5) is 15.2. The smallest absolute Gasteiger partial charge is 0.254 e. The molecule has 1 amide bonds. The molecule has 2 aromatic rings. The molecule has 1 unspecified atom stereocenters. The lowest BCUT2D eigenvalue weighted by Crippen LogP contribution is -2.29. The fourth-order valence-corrected chi connectivity index (χ4v) is 2.07. The van der Waals surface area contributed by atoms with Crippen molar-refractivity contribution in [2.24, 2.45) is 0 Å². The molecular formula is C15H13ClF2N2O. The molecule has 0 spiro atoms. The number of rotatable bonds is 4. The Balaban J connectivity index is 2.20. The number of hydrogen-bond acceptors (Lipinski definition) is 2. The second kappa shape index (κ2) is 6.63. The zero-order chi connectivity index (χ0) is 15.4. The molecule has 0 fully saturated rings. The second-order valence-corrected chi connectivity index (χ2v) is 4.89. The monoisotopic (exact) mass is 310 g/mol. The highest BCUT2D eigenvalue weighted by molar-refractivity contribution is 6.30. The molecule has 1 aromatic carbocycles. The average molecular weight is 311 g/mol. The number of pyridine rings is 1. The van der Waals surface area contributed by atoms with E-state index in [4.69, 9.17) is 11.6 Å². The minimum Gasteiger partial charge on any atom is -0.345 e. The van der Waals surface area contributed by atoms with Crippen molar-refractivity contribution in [3.63, 3.8) is 0 Å². The van der Waals surface area contributed by atoms with Crippen LogP contribution in [0.4, 0.5) is 8.78 Å². The summed E-state index contributed by atoms with van der Waals surface area (Å²) >= 11 is 5.81. The van der Waals surface area contributed by atoms with Crippen LogP contribution in [0.3, 0.4) is 0 Å². The van der Waals surface area contributed by atoms with E-state index in [9.17, 15) is 13.6 Å². The summed E-state index contributed by atoms with van der Waals surface area (Å²) in [5.74, 6) is -3.22. The van der Waals surface area contributed by atoms with Crippen molar-refractivity contribution in [1.82, 2.24) is 10.3 Å². The first-order valence-corrected chi connectivity index (χ1v) is 6.77. The predicted octanol–water partition coefficient (Wildman–Crippen LogP) is 3.89. The fourth-order valence-electron chi connectivity index (χ4n) is 1.95. The average Bonchev–Trinajstić information content (AvgIpc) is 2.48. The summed E-state index contributed by atoms with van der Waals surface area (Å²) in [5, 5.41) is 3.26. The summed E-state index contributed by atoms with van der Waals surface area (Å²) in [6.07, 6.45) is 1.65. The van der Waals surface area contributed by atoms with Crippen LogP contribution >= 0.6 is 11.6 Å². The third kappa shape index (κ3) is 3.55. The van der Waals surface area contributed by atoms with Gasteiger partial charge in [-0.25, -0.2) is 9.37 Å². The van der Waals surface area contributed by atoms with Crippen molar-refractivity contribution in [3.8, 4) is 0 Å². The molecule has 0 saturated carbocycles. The van der Waals surface area contributed by atoms with Gasteiger partial charge < -0.3 is 5.32 Å². The van der Waals surface area contributed by atoms with Gasteiger partial charge >= 0.3 is 0 Å². The zero-order valence-corrected chi connectivity index (χ0v) is 12.0. The Bertz CT molecular complexity index is 647. The van der Waals surface area contributed by atoms with Crippen LogP contribution in [0.2, 0.25) is 5.02 Å². The van der Waals surface area contributed by atoms with E-state index >= 15 is 0 Å². The number of hydrogen-bond donors (Lipinski definition) is 1. The molecule has 1 N–H and O–H groups in total. The number of benzene rings is 1. The third-order valence-electron chi connectivity index (χ3n) is 3.08. The molecule has 0 aliphatic heterocycles. The number of aromatic nitrogens is 1. The van der Waals surface area contributed by atoms with Gasteiger partial charge in [0.05, 0.1) is 11.6 Å². The van der Waals surface area contributed by atoms with E-state index in [1.165, 1.54) is 0 Å². The van der Waals surface area contributed by atoms with Gasteiger partial charge in [0.1, 0.15) is 0 Å². The third-order valence-corrected chi connectivity index (χ3v) is 3.33. The molecule has 3 nitrogen and oxygen atoms in total. The van der Waals surface area contributed by atoms with Gasteiger partial charge in [0, 0.05) is 11.2 Å². The van der Waals surface area contributed by atoms with Crippen LogP contribution in [-0.2, 0) is 0 Å². The van der Waals surface area contributed by atoms with Crippen LogP contribution in [0.5, 0.6) is 0 Å². The Hall–Kier alpha value is -2.01. The number of nitrogens with zero attached hydrogens (tertiary/aromatic N) is 1. The molecule has 21 heavy (non-hydrogen) atoms. The number of carbonyl (C=O) groups is 1. The van der Waals surface area contributed by atoms with Gasteiger partial charge in [-0.1, -0.05) is 30.7 Å². The van der Waals surface area contributed by atoms with Crippen LogP contribution in [0.25, 0.3) is 0 Å². The largest absolute Gasteiger partial charge is 0.345 e. The number of halogens is 3. The quantitative estimate of drug-likeness (QED) is 0.870. The Morgan fingerprint density at radius 3 is 2.57 bits per heavy atom. The van der Waals surface area contributed by atoms with Gasteiger partial charge in [-0.15, -0.1) is 0 Å². The summed E-state index contributed by atoms with van der Waals surface area (Å²) in [7, 11) is 0. The highest BCUT2D eigenvalue weighted by atomic mass is 35.5. The minimum atomic E-state index is -1.29. The molecular weight excluding hydrogens is 298 g/mol. The second-order valence-electron chi connectivity index (χ2n) is 4.45. The topological polar surface area (TPSA) is 42.0 Å². The highest BCUT2D eigenvalue weighted by Gasteiger charge is 2.19. The maximum absolute atomic E-state index is 13.5. The SMILES string of the molecule is CCC(NC(=O)c1ccnc(F)c1F)c1ccc(Cl)cc1. The van der Waals surface area contributed by atoms with Gasteiger partial charge in [0.25, 0.3) is 5.91 Å². The van der Waals surface area contributed by atoms with Crippen LogP contribution in [0.15, 0.2) is 36.5 Å². The van der Waals surface area contributed by atoms with E-state index < -0.39 is 17.7 Å². The van der Waals surface area contributed by atoms with Gasteiger partial charge in [0.2, 0.25) is 5.95 Å². The molecule has 1 heterocycles. The molecule has 0 saturated heterocycles. The number of carbonyl (C=O) groups excluding carboxylic acids is 1. The molecule has 6 heteroatoms. The van der Waals surface area contributed by atoms with Crippen LogP contribution < -0.4 is 5.32 Å². The van der Waals surface area contributed by atoms with Gasteiger partial charge in [-0.2, -0.15) is 4.39 Å². The van der Waals surface area contributed by atoms with Crippen molar-refractivity contribution in [2.45, 2.75) is 19.4 Å². The van der Waals surface area contributed by atoms with Crippen molar-refractivity contribution in [3.05, 3.63) is 64.4 Å². The Morgan fingerprint density at radius 1 is 1.29 bits per heavy atom. The van der Waals surface area contributed by atoms with E-state index in [-0.39, 0.29) is 11.6 Å². The summed E-state index contributed by atoms with van der Waals surface area (Å²) < 4.78 is 26.6. The molecule has 110 valence electrons. The standard InChI is InChI=1S/C15H13ClF2N2O/c1-2-12(9-3-5-10(16)6-4-9)20-15(21)11-7-8-19-14(18)13(11)17/h3-8,12H,2H2,1H3,(H,20,21). The van der Waals surface area contributed by atoms with Crippen molar-refractivity contribution >= 4 is 17.5 Å². The van der Waals surface area contributed by atoms with Crippen molar-refractivity contribution < 1.29 is 13.6 Å². The maximum Gasteiger partial charge on any atom is 0.254 e. The maximum atomic E-state index is 13.5. The van der Waals surface area contributed by atoms with Crippen LogP contribution in [-0.4, -0.2) is 10.9 Å². The highest BCUT2D eigenvalue weighted by Crippen LogP contribution is 2.20. The molecule has 1 atom stereocenters. The van der Waals surface area contributed by atoms with Crippen molar-refractivity contribution in [2.75, 3.05) is 0 Å². The molecule has 0 aliphatic rings. The first-order valence-electron chi connectivity index (χ1n) is 6.39. The summed E-state index contributed by atoms with van der Waals surface area (Å²) in [6, 6.07) is 7.80. The summed E-state index contributed by atoms with van der Waals surface area (Å²) in [6.45, 7) is 1.88. The van der Waals surface area contributed by atoms with E-state index in [0.717, 1.165) is 17.8 Å². The van der Waals surface area contributed by atoms with E-state index in [1.54, 1.807) is 24.3 Å². The molecule has 0 radical (unpaired) electrons. The van der Waals surface area contributed by atoms with E-state index in [2.05, 4.69) is 10.3 Å². The van der Waals surface area contributed by atoms with Crippen LogP contribution in [0, 0.1) is 11.8 Å². The first kappa shape index (κ1) is 15.4. The summed E-state index contributed by atoms with van der Waals surface area (Å²) in [5.41, 5.74) is 0.472. The van der Waals surface area contributed by atoms with E-state index in [1.807, 2.05) is 6.92 Å². The number of amides is 1. The molecule has 0 bridgehead atoms. The predicted molar refractivity (Wildman–Crippen MR) is 76.1 cm³/mol. The molecule has 2 rings (SSSR count). The molecule has 1 aromatic heterocycles. The van der Waals surface area contributed by atoms with Gasteiger partial charge in [-0.3, -0.25) is 4.79 Å². The Kier molecular flexibility index (Phi) is 4.85. The first-order chi connectivity index (χ1) is 10.0. The Morgan fingerprint density at radius 2 is 1.95 bits per heavy atom. The van der Waals surface area contributed by atoms with E-state index in [0.29, 0.717) is 11.4 Å². The van der Waals surface area contributed by atoms with Crippen LogP contribution in [0.1, 0.15) is 35.3 Å². The van der Waals surface area contributed by atoms with Gasteiger partial charge in [0.15, 0.2) is 5.82 Å². The Labute approximate surface area is 126 Å². The lowest BCUT2D eigenvalue weighted by Gasteiger charge is -2.17. The zero-order valence-electron chi connectivity index (χ0n) is 11.2. The van der Waals surface area contributed by atoms with Crippen molar-refractivity contribution in [1.29, 1.82) is 0 Å². The number of nitrogens with one attached hydrogen (secondary N) is 1. The van der Waals surface area contributed by atoms with Gasteiger partial charge in [-0.05, 0) is 30.2 Å². The molecule has 0 aliphatic carbocycles. The normalized spacial score (nSPS) is 12.0. The lowest BCUT2D eigenvalue weighted by molar-refractivity contribution is 0.0930. The minimum absolute atomic E-state index is 0.314. The lowest BCUT2D eigenvalue weighted by atomic mass is 10.0.